The first-order valence-electron chi connectivity index (χ1n) is 8.58. The third kappa shape index (κ3) is 7.53. The molecule has 0 bridgehead atoms. The number of thiazole rings is 1. The molecule has 0 aliphatic rings. The number of fused-ring (bicyclic) bond motifs is 1. The summed E-state index contributed by atoms with van der Waals surface area (Å²) in [6, 6.07) is 5.70. The van der Waals surface area contributed by atoms with Gasteiger partial charge in [0, 0.05) is 37.8 Å². The summed E-state index contributed by atoms with van der Waals surface area (Å²) >= 11 is 2.71. The van der Waals surface area contributed by atoms with Gasteiger partial charge in [-0.2, -0.15) is 0 Å². The molecule has 6 nitrogen and oxygen atoms in total. The molecule has 2 aromatic rings. The quantitative estimate of drug-likeness (QED) is 0.602. The first-order chi connectivity index (χ1) is 12.5. The zero-order valence-corrected chi connectivity index (χ0v) is 16.4. The number of anilines is 1. The largest absolute Gasteiger partial charge is 0.356 e. The third-order valence-corrected chi connectivity index (χ3v) is 5.26. The lowest BCUT2D eigenvalue weighted by molar-refractivity contribution is -0.120. The second-order valence-electron chi connectivity index (χ2n) is 5.83. The minimum Gasteiger partial charge on any atom is -0.356 e. The van der Waals surface area contributed by atoms with Crippen molar-refractivity contribution >= 4 is 55.9 Å². The fraction of sp³-hybridized carbons (Fsp3) is 0.444. The van der Waals surface area contributed by atoms with Gasteiger partial charge in [0.05, 0.1) is 15.7 Å². The molecule has 2 N–H and O–H groups in total. The first-order valence-corrected chi connectivity index (χ1v) is 10.4. The maximum Gasteiger partial charge on any atom is 0.224 e. The number of amides is 2. The standard InChI is InChI=1S/C18H23N3O3S2/c1-13(22)25-10-8-17(23)19-9-4-2-3-5-18(24)21-14-6-7-15-16(11-14)26-12-20-15/h6-7,11-12H,2-5,8-10H2,1H3,(H,19,23)(H,21,24). The molecule has 0 fully saturated rings. The molecule has 0 aliphatic heterocycles. The molecule has 0 unspecified atom stereocenters. The second-order valence-corrected chi connectivity index (χ2v) is 7.99. The molecule has 0 radical (unpaired) electrons. The molecular weight excluding hydrogens is 370 g/mol. The fourth-order valence-corrected chi connectivity index (χ4v) is 3.64. The van der Waals surface area contributed by atoms with Crippen LogP contribution >= 0.6 is 23.1 Å². The number of rotatable bonds is 10. The van der Waals surface area contributed by atoms with Crippen LogP contribution < -0.4 is 10.6 Å². The van der Waals surface area contributed by atoms with Gasteiger partial charge in [0.1, 0.15) is 0 Å². The third-order valence-electron chi connectivity index (χ3n) is 3.65. The molecule has 2 amide bonds. The van der Waals surface area contributed by atoms with E-state index in [9.17, 15) is 14.4 Å². The van der Waals surface area contributed by atoms with Crippen LogP contribution in [0.25, 0.3) is 10.2 Å². The second kappa shape index (κ2) is 10.9. The van der Waals surface area contributed by atoms with Crippen LogP contribution in [0.15, 0.2) is 23.7 Å². The molecule has 8 heteroatoms. The normalized spacial score (nSPS) is 10.7. The SMILES string of the molecule is CC(=O)SCCC(=O)NCCCCCC(=O)Nc1ccc2ncsc2c1. The number of hydrogen-bond acceptors (Lipinski definition) is 6. The van der Waals surface area contributed by atoms with Crippen molar-refractivity contribution in [3.05, 3.63) is 23.7 Å². The Balaban J connectivity index is 1.53. The zero-order chi connectivity index (χ0) is 18.8. The maximum atomic E-state index is 12.0. The van der Waals surface area contributed by atoms with Crippen molar-refractivity contribution in [2.24, 2.45) is 0 Å². The van der Waals surface area contributed by atoms with Crippen LogP contribution in [0, 0.1) is 0 Å². The first kappa shape index (κ1) is 20.4. The van der Waals surface area contributed by atoms with Crippen LogP contribution in [-0.2, 0) is 14.4 Å². The van der Waals surface area contributed by atoms with Gasteiger partial charge < -0.3 is 10.6 Å². The Morgan fingerprint density at radius 2 is 1.96 bits per heavy atom. The summed E-state index contributed by atoms with van der Waals surface area (Å²) in [4.78, 5) is 38.5. The minimum atomic E-state index is -0.0325. The average Bonchev–Trinajstić information content (AvgIpc) is 3.05. The maximum absolute atomic E-state index is 12.0. The molecule has 0 aliphatic carbocycles. The van der Waals surface area contributed by atoms with Gasteiger partial charge >= 0.3 is 0 Å². The number of carbonyl (C=O) groups excluding carboxylic acids is 3. The van der Waals surface area contributed by atoms with Gasteiger partial charge in [-0.1, -0.05) is 18.2 Å². The lowest BCUT2D eigenvalue weighted by Gasteiger charge is -2.06. The monoisotopic (exact) mass is 393 g/mol. The Bertz CT molecular complexity index is 761. The highest BCUT2D eigenvalue weighted by Gasteiger charge is 2.05. The highest BCUT2D eigenvalue weighted by Crippen LogP contribution is 2.22. The Hall–Kier alpha value is -1.93. The molecule has 26 heavy (non-hydrogen) atoms. The number of benzene rings is 1. The molecule has 0 saturated carbocycles. The predicted octanol–water partition coefficient (Wildman–Crippen LogP) is 3.58. The molecule has 1 aromatic carbocycles. The van der Waals surface area contributed by atoms with Crippen LogP contribution in [-0.4, -0.2) is 34.2 Å². The van der Waals surface area contributed by atoms with Crippen molar-refractivity contribution in [3.8, 4) is 0 Å². The van der Waals surface area contributed by atoms with E-state index in [1.54, 1.807) is 16.8 Å². The van der Waals surface area contributed by atoms with E-state index in [2.05, 4.69) is 15.6 Å². The average molecular weight is 394 g/mol. The van der Waals surface area contributed by atoms with Gasteiger partial charge in [-0.3, -0.25) is 14.4 Å². The van der Waals surface area contributed by atoms with E-state index >= 15 is 0 Å². The van der Waals surface area contributed by atoms with Gasteiger partial charge in [0.25, 0.3) is 0 Å². The fourth-order valence-electron chi connectivity index (χ4n) is 2.35. The van der Waals surface area contributed by atoms with E-state index < -0.39 is 0 Å². The van der Waals surface area contributed by atoms with Crippen LogP contribution in [0.4, 0.5) is 5.69 Å². The summed E-state index contributed by atoms with van der Waals surface area (Å²) in [7, 11) is 0. The number of carbonyl (C=O) groups is 3. The van der Waals surface area contributed by atoms with Gasteiger partial charge in [-0.15, -0.1) is 11.3 Å². The predicted molar refractivity (Wildman–Crippen MR) is 107 cm³/mol. The van der Waals surface area contributed by atoms with E-state index in [1.165, 1.54) is 6.92 Å². The molecule has 1 heterocycles. The van der Waals surface area contributed by atoms with Gasteiger partial charge in [-0.05, 0) is 31.0 Å². The van der Waals surface area contributed by atoms with Gasteiger partial charge in [0.2, 0.25) is 11.8 Å². The van der Waals surface area contributed by atoms with Crippen molar-refractivity contribution in [2.45, 2.75) is 39.0 Å². The summed E-state index contributed by atoms with van der Waals surface area (Å²) in [5.74, 6) is 0.489. The minimum absolute atomic E-state index is 0.000779. The number of hydrogen-bond donors (Lipinski definition) is 2. The molecule has 0 atom stereocenters. The van der Waals surface area contributed by atoms with Crippen molar-refractivity contribution in [2.75, 3.05) is 17.6 Å². The van der Waals surface area contributed by atoms with Crippen LogP contribution in [0.1, 0.15) is 39.0 Å². The molecular formula is C18H23N3O3S2. The van der Waals surface area contributed by atoms with Crippen molar-refractivity contribution in [3.63, 3.8) is 0 Å². The van der Waals surface area contributed by atoms with Crippen molar-refractivity contribution in [1.82, 2.24) is 10.3 Å². The summed E-state index contributed by atoms with van der Waals surface area (Å²) in [6.45, 7) is 2.10. The van der Waals surface area contributed by atoms with Crippen LogP contribution in [0.5, 0.6) is 0 Å². The van der Waals surface area contributed by atoms with E-state index in [0.717, 1.165) is 46.9 Å². The Morgan fingerprint density at radius 1 is 1.12 bits per heavy atom. The lowest BCUT2D eigenvalue weighted by atomic mass is 10.2. The number of aromatic nitrogens is 1. The van der Waals surface area contributed by atoms with E-state index in [-0.39, 0.29) is 16.9 Å². The smallest absolute Gasteiger partial charge is 0.224 e. The number of unbranched alkanes of at least 4 members (excludes halogenated alkanes) is 2. The van der Waals surface area contributed by atoms with Crippen LogP contribution in [0.3, 0.4) is 0 Å². The Morgan fingerprint density at radius 3 is 2.77 bits per heavy atom. The number of thioether (sulfide) groups is 1. The lowest BCUT2D eigenvalue weighted by Crippen LogP contribution is -2.24. The van der Waals surface area contributed by atoms with Crippen LogP contribution in [0.2, 0.25) is 0 Å². The highest BCUT2D eigenvalue weighted by molar-refractivity contribution is 8.13. The molecule has 0 saturated heterocycles. The zero-order valence-electron chi connectivity index (χ0n) is 14.7. The summed E-state index contributed by atoms with van der Waals surface area (Å²) < 4.78 is 1.06. The van der Waals surface area contributed by atoms with E-state index in [4.69, 9.17) is 0 Å². The van der Waals surface area contributed by atoms with Crippen molar-refractivity contribution in [1.29, 1.82) is 0 Å². The molecule has 0 spiro atoms. The summed E-state index contributed by atoms with van der Waals surface area (Å²) in [5.41, 5.74) is 3.52. The van der Waals surface area contributed by atoms with Crippen molar-refractivity contribution < 1.29 is 14.4 Å². The molecule has 140 valence electrons. The van der Waals surface area contributed by atoms with E-state index in [0.29, 0.717) is 25.1 Å². The Kier molecular flexibility index (Phi) is 8.57. The number of nitrogens with one attached hydrogen (secondary N) is 2. The van der Waals surface area contributed by atoms with Gasteiger partial charge in [-0.25, -0.2) is 4.98 Å². The topological polar surface area (TPSA) is 88.2 Å². The molecule has 2 rings (SSSR count). The highest BCUT2D eigenvalue weighted by atomic mass is 32.2. The van der Waals surface area contributed by atoms with Gasteiger partial charge in [0.15, 0.2) is 5.12 Å². The summed E-state index contributed by atoms with van der Waals surface area (Å²) in [6.07, 6.45) is 3.32. The Labute approximate surface area is 161 Å². The number of nitrogens with zero attached hydrogens (tertiary/aromatic N) is 1. The molecule has 1 aromatic heterocycles. The van der Waals surface area contributed by atoms with E-state index in [1.807, 2.05) is 18.2 Å². The summed E-state index contributed by atoms with van der Waals surface area (Å²) in [5, 5.41) is 5.77.